The number of alkyl halides is 1. The van der Waals surface area contributed by atoms with E-state index in [0.29, 0.717) is 23.0 Å². The van der Waals surface area contributed by atoms with Gasteiger partial charge in [0, 0.05) is 18.3 Å². The molecule has 1 spiro atoms. The third kappa shape index (κ3) is 2.78. The van der Waals surface area contributed by atoms with Crippen molar-refractivity contribution in [3.8, 4) is 0 Å². The Labute approximate surface area is 170 Å². The molecule has 2 bridgehead atoms. The van der Waals surface area contributed by atoms with Crippen LogP contribution in [0.1, 0.15) is 30.1 Å². The summed E-state index contributed by atoms with van der Waals surface area (Å²) < 4.78 is 34.8. The molecule has 0 aromatic carbocycles. The highest BCUT2D eigenvalue weighted by atomic mass is 19.1. The zero-order valence-electron chi connectivity index (χ0n) is 16.3. The summed E-state index contributed by atoms with van der Waals surface area (Å²) in [6.45, 7) is 5.69. The molecule has 2 aromatic heterocycles. The minimum Gasteiger partial charge on any atom is -0.472 e. The van der Waals surface area contributed by atoms with Gasteiger partial charge in [-0.05, 0) is 31.7 Å². The van der Waals surface area contributed by atoms with Crippen LogP contribution in [-0.4, -0.2) is 51.4 Å². The monoisotopic (exact) mass is 414 g/mol. The fraction of sp³-hybridized carbons (Fsp3) is 0.400. The van der Waals surface area contributed by atoms with E-state index in [9.17, 15) is 13.6 Å². The van der Waals surface area contributed by atoms with Crippen molar-refractivity contribution in [2.24, 2.45) is 10.9 Å². The summed E-state index contributed by atoms with van der Waals surface area (Å²) in [5.74, 6) is -0.128. The van der Waals surface area contributed by atoms with Crippen molar-refractivity contribution in [2.45, 2.75) is 31.6 Å². The number of hydrogen-bond donors (Lipinski definition) is 1. The first-order valence-corrected chi connectivity index (χ1v) is 9.70. The molecule has 3 aliphatic rings. The van der Waals surface area contributed by atoms with Gasteiger partial charge >= 0.3 is 0 Å². The standard InChI is InChI=1S/C20H20F2N6O2/c1-11(21)8-23-19-12(2)20-7-13(20)3-5-27(20)16-4-6-28-17(26-16)14(9-24-28)18(29)25-15(22)10-30-19/h4,6,8-9,13,15H,2-3,5,7,10H2,1H3,(H,25,29)/b11-8+,23-19?/t13-,15?,20-/m0/s1. The van der Waals surface area contributed by atoms with Gasteiger partial charge in [-0.1, -0.05) is 6.58 Å². The lowest BCUT2D eigenvalue weighted by atomic mass is 10.0. The van der Waals surface area contributed by atoms with E-state index in [0.717, 1.165) is 25.6 Å². The van der Waals surface area contributed by atoms with Crippen LogP contribution in [0.25, 0.3) is 5.65 Å². The van der Waals surface area contributed by atoms with Crippen LogP contribution in [0.2, 0.25) is 0 Å². The van der Waals surface area contributed by atoms with E-state index in [2.05, 4.69) is 31.9 Å². The number of allylic oxidation sites excluding steroid dienone is 1. The van der Waals surface area contributed by atoms with Crippen molar-refractivity contribution < 1.29 is 18.3 Å². The molecule has 1 amide bonds. The third-order valence-electron chi connectivity index (χ3n) is 5.93. The number of piperidine rings is 1. The summed E-state index contributed by atoms with van der Waals surface area (Å²) in [7, 11) is 0. The zero-order valence-corrected chi connectivity index (χ0v) is 16.3. The SMILES string of the molecule is C=C1C(=N/C=C(\C)F)OCC(F)NC(=O)c2cnn3ccc(nc23)N2CC[C@H]3C[C@]132. The number of nitrogens with zero attached hydrogens (tertiary/aromatic N) is 5. The molecule has 1 aliphatic carbocycles. The van der Waals surface area contributed by atoms with E-state index in [1.54, 1.807) is 6.20 Å². The zero-order chi connectivity index (χ0) is 21.0. The number of aromatic nitrogens is 3. The smallest absolute Gasteiger partial charge is 0.259 e. The van der Waals surface area contributed by atoms with Crippen LogP contribution >= 0.6 is 0 Å². The van der Waals surface area contributed by atoms with Crippen molar-refractivity contribution in [3.05, 3.63) is 48.2 Å². The number of anilines is 1. The molecule has 2 aromatic rings. The highest BCUT2D eigenvalue weighted by Gasteiger charge is 2.65. The second-order valence-electron chi connectivity index (χ2n) is 7.76. The van der Waals surface area contributed by atoms with E-state index in [1.165, 1.54) is 17.6 Å². The number of nitrogens with one attached hydrogen (secondary N) is 1. The summed E-state index contributed by atoms with van der Waals surface area (Å²) in [5.41, 5.74) is 0.588. The average Bonchev–Trinajstić information content (AvgIpc) is 3.10. The molecule has 1 N–H and O–H groups in total. The summed E-state index contributed by atoms with van der Waals surface area (Å²) in [5, 5.41) is 6.36. The van der Waals surface area contributed by atoms with Crippen LogP contribution in [-0.2, 0) is 4.74 Å². The van der Waals surface area contributed by atoms with Crippen molar-refractivity contribution in [3.63, 3.8) is 0 Å². The van der Waals surface area contributed by atoms with Crippen LogP contribution in [0, 0.1) is 5.92 Å². The fourth-order valence-electron chi connectivity index (χ4n) is 4.44. The molecule has 5 rings (SSSR count). The molecule has 10 heteroatoms. The van der Waals surface area contributed by atoms with E-state index < -0.39 is 30.2 Å². The van der Waals surface area contributed by atoms with Gasteiger partial charge in [0.25, 0.3) is 5.91 Å². The number of amides is 1. The molecule has 0 radical (unpaired) electrons. The molecular formula is C20H20F2N6O2. The van der Waals surface area contributed by atoms with Crippen molar-refractivity contribution in [2.75, 3.05) is 18.1 Å². The van der Waals surface area contributed by atoms with Gasteiger partial charge in [-0.25, -0.2) is 23.3 Å². The summed E-state index contributed by atoms with van der Waals surface area (Å²) in [4.78, 5) is 23.4. The predicted octanol–water partition coefficient (Wildman–Crippen LogP) is 2.54. The Morgan fingerprint density at radius 1 is 1.53 bits per heavy atom. The average molecular weight is 414 g/mol. The molecular weight excluding hydrogens is 394 g/mol. The van der Waals surface area contributed by atoms with E-state index in [4.69, 9.17) is 4.74 Å². The van der Waals surface area contributed by atoms with Crippen molar-refractivity contribution in [1.29, 1.82) is 0 Å². The number of fused-ring (bicyclic) bond motifs is 2. The van der Waals surface area contributed by atoms with E-state index >= 15 is 0 Å². The number of aliphatic imine (C=N–C) groups is 1. The number of ether oxygens (including phenoxy) is 1. The molecule has 1 saturated heterocycles. The number of carbonyl (C=O) groups excluding carboxylic acids is 1. The molecule has 2 fully saturated rings. The summed E-state index contributed by atoms with van der Waals surface area (Å²) >= 11 is 0. The maximum Gasteiger partial charge on any atom is 0.259 e. The van der Waals surface area contributed by atoms with Gasteiger partial charge in [0.05, 0.1) is 17.9 Å². The van der Waals surface area contributed by atoms with Gasteiger partial charge < -0.3 is 15.0 Å². The highest BCUT2D eigenvalue weighted by Crippen LogP contribution is 2.60. The van der Waals surface area contributed by atoms with Crippen LogP contribution in [0.15, 0.2) is 47.6 Å². The number of carbonyl (C=O) groups is 1. The van der Waals surface area contributed by atoms with Crippen molar-refractivity contribution >= 4 is 23.3 Å². The topological polar surface area (TPSA) is 84.1 Å². The summed E-state index contributed by atoms with van der Waals surface area (Å²) in [6.07, 6.45) is 4.03. The molecule has 156 valence electrons. The number of rotatable bonds is 1. The lowest BCUT2D eigenvalue weighted by Gasteiger charge is -2.31. The molecule has 4 heterocycles. The first-order chi connectivity index (χ1) is 14.4. The highest BCUT2D eigenvalue weighted by molar-refractivity contribution is 6.00. The molecule has 1 saturated carbocycles. The number of hydrogen-bond acceptors (Lipinski definition) is 6. The van der Waals surface area contributed by atoms with Gasteiger partial charge in [-0.2, -0.15) is 5.10 Å². The maximum atomic E-state index is 14.5. The van der Waals surface area contributed by atoms with Gasteiger partial charge in [0.15, 0.2) is 5.65 Å². The first kappa shape index (κ1) is 18.7. The first-order valence-electron chi connectivity index (χ1n) is 9.70. The minimum atomic E-state index is -1.81. The molecule has 2 aliphatic heterocycles. The van der Waals surface area contributed by atoms with Crippen LogP contribution < -0.4 is 10.2 Å². The quantitative estimate of drug-likeness (QED) is 0.725. The molecule has 1 unspecified atom stereocenters. The van der Waals surface area contributed by atoms with Crippen molar-refractivity contribution in [1.82, 2.24) is 19.9 Å². The van der Waals surface area contributed by atoms with Gasteiger partial charge in [-0.15, -0.1) is 0 Å². The Morgan fingerprint density at radius 3 is 3.13 bits per heavy atom. The second kappa shape index (κ2) is 6.61. The van der Waals surface area contributed by atoms with Crippen LogP contribution in [0.3, 0.4) is 0 Å². The molecule has 3 atom stereocenters. The Kier molecular flexibility index (Phi) is 4.12. The van der Waals surface area contributed by atoms with Crippen LogP contribution in [0.4, 0.5) is 14.6 Å². The predicted molar refractivity (Wildman–Crippen MR) is 106 cm³/mol. The largest absolute Gasteiger partial charge is 0.472 e. The third-order valence-corrected chi connectivity index (χ3v) is 5.93. The number of halogens is 2. The Bertz CT molecular complexity index is 1120. The van der Waals surface area contributed by atoms with Crippen LogP contribution in [0.5, 0.6) is 0 Å². The second-order valence-corrected chi connectivity index (χ2v) is 7.76. The minimum absolute atomic E-state index is 0.0571. The van der Waals surface area contributed by atoms with Gasteiger partial charge in [0.1, 0.15) is 23.8 Å². The fourth-order valence-corrected chi connectivity index (χ4v) is 4.44. The normalized spacial score (nSPS) is 30.3. The molecule has 30 heavy (non-hydrogen) atoms. The molecule has 8 nitrogen and oxygen atoms in total. The Hall–Kier alpha value is -3.30. The lowest BCUT2D eigenvalue weighted by Crippen LogP contribution is -2.40. The van der Waals surface area contributed by atoms with Gasteiger partial charge in [-0.3, -0.25) is 4.79 Å². The van der Waals surface area contributed by atoms with E-state index in [1.807, 2.05) is 6.07 Å². The lowest BCUT2D eigenvalue weighted by molar-refractivity contribution is 0.0839. The Morgan fingerprint density at radius 2 is 2.37 bits per heavy atom. The maximum absolute atomic E-state index is 14.5. The Balaban J connectivity index is 1.64. The van der Waals surface area contributed by atoms with Gasteiger partial charge in [0.2, 0.25) is 12.2 Å². The van der Waals surface area contributed by atoms with E-state index in [-0.39, 0.29) is 11.5 Å². The summed E-state index contributed by atoms with van der Waals surface area (Å²) in [6, 6.07) is 1.82.